The van der Waals surface area contributed by atoms with Crippen LogP contribution in [0.4, 0.5) is 0 Å². The molecule has 142 valence electrons. The van der Waals surface area contributed by atoms with Crippen LogP contribution in [0.15, 0.2) is 24.3 Å². The van der Waals surface area contributed by atoms with Gasteiger partial charge in [0.25, 0.3) is 5.91 Å². The largest absolute Gasteiger partial charge is 0.480 e. The molecule has 1 atom stereocenters. The Kier molecular flexibility index (Phi) is 7.18. The Labute approximate surface area is 154 Å². The van der Waals surface area contributed by atoms with E-state index in [1.54, 1.807) is 24.3 Å². The second kappa shape index (κ2) is 9.36. The third-order valence-electron chi connectivity index (χ3n) is 4.72. The highest BCUT2D eigenvalue weighted by Crippen LogP contribution is 2.24. The summed E-state index contributed by atoms with van der Waals surface area (Å²) < 4.78 is 0. The lowest BCUT2D eigenvalue weighted by molar-refractivity contribution is -0.139. The topological polar surface area (TPSA) is 95.5 Å². The van der Waals surface area contributed by atoms with Crippen molar-refractivity contribution < 1.29 is 19.5 Å². The normalized spacial score (nSPS) is 15.7. The zero-order valence-corrected chi connectivity index (χ0v) is 15.5. The molecule has 0 spiro atoms. The first-order valence-corrected chi connectivity index (χ1v) is 9.27. The number of aliphatic carboxylic acids is 1. The van der Waals surface area contributed by atoms with Crippen LogP contribution in [-0.4, -0.2) is 28.9 Å². The molecule has 26 heavy (non-hydrogen) atoms. The fraction of sp³-hybridized carbons (Fsp3) is 0.550. The number of nitrogens with one attached hydrogen (secondary N) is 2. The lowest BCUT2D eigenvalue weighted by Gasteiger charge is -2.16. The van der Waals surface area contributed by atoms with Gasteiger partial charge in [-0.25, -0.2) is 4.79 Å². The molecule has 1 aliphatic rings. The van der Waals surface area contributed by atoms with Crippen LogP contribution in [0.3, 0.4) is 0 Å². The average molecular weight is 360 g/mol. The Hall–Kier alpha value is -2.37. The summed E-state index contributed by atoms with van der Waals surface area (Å²) in [5.74, 6) is -1.03. The smallest absolute Gasteiger partial charge is 0.326 e. The summed E-state index contributed by atoms with van der Waals surface area (Å²) in [6.45, 7) is 4.26. The van der Waals surface area contributed by atoms with Gasteiger partial charge in [0.05, 0.1) is 0 Å². The minimum Gasteiger partial charge on any atom is -0.480 e. The summed E-state index contributed by atoms with van der Waals surface area (Å²) in [6.07, 6.45) is 4.55. The minimum absolute atomic E-state index is 0.0994. The summed E-state index contributed by atoms with van der Waals surface area (Å²) in [5, 5.41) is 14.7. The maximum absolute atomic E-state index is 12.2. The number of benzene rings is 1. The molecule has 0 unspecified atom stereocenters. The molecule has 3 N–H and O–H groups in total. The fourth-order valence-electron chi connectivity index (χ4n) is 3.23. The first-order valence-electron chi connectivity index (χ1n) is 9.27. The molecule has 1 saturated carbocycles. The average Bonchev–Trinajstić information content (AvgIpc) is 3.13. The molecule has 1 fully saturated rings. The summed E-state index contributed by atoms with van der Waals surface area (Å²) in [7, 11) is 0. The molecule has 1 aromatic rings. The van der Waals surface area contributed by atoms with Gasteiger partial charge in [-0.3, -0.25) is 9.59 Å². The standard InChI is InChI=1S/C20H28N2O4/c1-13(2)11-17(20(25)26)22-19(24)16-9-7-14(8-10-16)12-21-18(23)15-5-3-4-6-15/h7-10,13,15,17H,3-6,11-12H2,1-2H3,(H,21,23)(H,22,24)(H,25,26)/t17-/m1/s1. The second-order valence-electron chi connectivity index (χ2n) is 7.39. The molecular formula is C20H28N2O4. The quantitative estimate of drug-likeness (QED) is 0.664. The van der Waals surface area contributed by atoms with E-state index in [1.165, 1.54) is 0 Å². The van der Waals surface area contributed by atoms with Gasteiger partial charge in [-0.1, -0.05) is 38.8 Å². The van der Waals surface area contributed by atoms with Gasteiger partial charge < -0.3 is 15.7 Å². The molecule has 0 bridgehead atoms. The van der Waals surface area contributed by atoms with Crippen LogP contribution in [0.1, 0.15) is 61.9 Å². The van der Waals surface area contributed by atoms with Crippen molar-refractivity contribution in [2.24, 2.45) is 11.8 Å². The fourth-order valence-corrected chi connectivity index (χ4v) is 3.23. The summed E-state index contributed by atoms with van der Waals surface area (Å²) in [4.78, 5) is 35.5. The van der Waals surface area contributed by atoms with Crippen molar-refractivity contribution in [3.05, 3.63) is 35.4 Å². The number of hydrogen-bond donors (Lipinski definition) is 3. The Morgan fingerprint density at radius 1 is 1.12 bits per heavy atom. The van der Waals surface area contributed by atoms with Crippen molar-refractivity contribution in [1.29, 1.82) is 0 Å². The highest BCUT2D eigenvalue weighted by Gasteiger charge is 2.23. The van der Waals surface area contributed by atoms with Crippen molar-refractivity contribution >= 4 is 17.8 Å². The molecule has 0 radical (unpaired) electrons. The van der Waals surface area contributed by atoms with Crippen LogP contribution < -0.4 is 10.6 Å². The molecule has 2 amide bonds. The third-order valence-corrected chi connectivity index (χ3v) is 4.72. The molecule has 1 aliphatic carbocycles. The van der Waals surface area contributed by atoms with E-state index in [-0.39, 0.29) is 17.7 Å². The van der Waals surface area contributed by atoms with E-state index in [2.05, 4.69) is 10.6 Å². The zero-order valence-electron chi connectivity index (χ0n) is 15.5. The zero-order chi connectivity index (χ0) is 19.1. The van der Waals surface area contributed by atoms with Crippen LogP contribution in [0, 0.1) is 11.8 Å². The maximum Gasteiger partial charge on any atom is 0.326 e. The van der Waals surface area contributed by atoms with Crippen LogP contribution in [-0.2, 0) is 16.1 Å². The van der Waals surface area contributed by atoms with Crippen molar-refractivity contribution in [3.63, 3.8) is 0 Å². The number of amides is 2. The molecule has 6 nitrogen and oxygen atoms in total. The highest BCUT2D eigenvalue weighted by molar-refractivity contribution is 5.96. The Balaban J connectivity index is 1.88. The first-order chi connectivity index (χ1) is 12.4. The lowest BCUT2D eigenvalue weighted by Crippen LogP contribution is -2.41. The number of carboxylic acid groups (broad SMARTS) is 1. The minimum atomic E-state index is -1.03. The van der Waals surface area contributed by atoms with Gasteiger partial charge in [0, 0.05) is 18.0 Å². The van der Waals surface area contributed by atoms with Gasteiger partial charge in [-0.2, -0.15) is 0 Å². The predicted molar refractivity (Wildman–Crippen MR) is 98.6 cm³/mol. The SMILES string of the molecule is CC(C)C[C@@H](NC(=O)c1ccc(CNC(=O)C2CCCC2)cc1)C(=O)O. The van der Waals surface area contributed by atoms with Crippen LogP contribution in [0.5, 0.6) is 0 Å². The molecule has 6 heteroatoms. The van der Waals surface area contributed by atoms with Crippen LogP contribution >= 0.6 is 0 Å². The van der Waals surface area contributed by atoms with Gasteiger partial charge in [-0.05, 0) is 42.9 Å². The van der Waals surface area contributed by atoms with Gasteiger partial charge in [0.2, 0.25) is 5.91 Å². The Bertz CT molecular complexity index is 634. The molecular weight excluding hydrogens is 332 g/mol. The van der Waals surface area contributed by atoms with Crippen molar-refractivity contribution in [1.82, 2.24) is 10.6 Å². The van der Waals surface area contributed by atoms with E-state index < -0.39 is 17.9 Å². The number of hydrogen-bond acceptors (Lipinski definition) is 3. The molecule has 0 heterocycles. The van der Waals surface area contributed by atoms with Crippen LogP contribution in [0.2, 0.25) is 0 Å². The molecule has 0 aliphatic heterocycles. The lowest BCUT2D eigenvalue weighted by atomic mass is 10.0. The molecule has 1 aromatic carbocycles. The second-order valence-corrected chi connectivity index (χ2v) is 7.39. The molecule has 0 saturated heterocycles. The number of carboxylic acids is 1. The number of carbonyl (C=O) groups excluding carboxylic acids is 2. The first kappa shape index (κ1) is 19.9. The number of carbonyl (C=O) groups is 3. The predicted octanol–water partition coefficient (Wildman–Crippen LogP) is 2.72. The van der Waals surface area contributed by atoms with Gasteiger partial charge in [0.1, 0.15) is 6.04 Å². The summed E-state index contributed by atoms with van der Waals surface area (Å²) in [6, 6.07) is 5.97. The van der Waals surface area contributed by atoms with Crippen molar-refractivity contribution in [2.45, 2.75) is 58.5 Å². The van der Waals surface area contributed by atoms with Crippen molar-refractivity contribution in [3.8, 4) is 0 Å². The van der Waals surface area contributed by atoms with E-state index >= 15 is 0 Å². The molecule has 2 rings (SSSR count). The highest BCUT2D eigenvalue weighted by atomic mass is 16.4. The van der Waals surface area contributed by atoms with Gasteiger partial charge in [-0.15, -0.1) is 0 Å². The number of rotatable bonds is 8. The third kappa shape index (κ3) is 5.86. The van der Waals surface area contributed by atoms with Crippen LogP contribution in [0.25, 0.3) is 0 Å². The van der Waals surface area contributed by atoms with E-state index in [0.29, 0.717) is 18.5 Å². The maximum atomic E-state index is 12.2. The Morgan fingerprint density at radius 3 is 2.27 bits per heavy atom. The molecule has 0 aromatic heterocycles. The van der Waals surface area contributed by atoms with E-state index in [1.807, 2.05) is 13.8 Å². The van der Waals surface area contributed by atoms with Gasteiger partial charge in [0.15, 0.2) is 0 Å². The van der Waals surface area contributed by atoms with Gasteiger partial charge >= 0.3 is 5.97 Å². The summed E-state index contributed by atoms with van der Waals surface area (Å²) in [5.41, 5.74) is 1.32. The van der Waals surface area contributed by atoms with E-state index in [4.69, 9.17) is 0 Å². The Morgan fingerprint density at radius 2 is 1.73 bits per heavy atom. The summed E-state index contributed by atoms with van der Waals surface area (Å²) >= 11 is 0. The monoisotopic (exact) mass is 360 g/mol. The van der Waals surface area contributed by atoms with E-state index in [0.717, 1.165) is 31.2 Å². The van der Waals surface area contributed by atoms with Crippen molar-refractivity contribution in [2.75, 3.05) is 0 Å². The van der Waals surface area contributed by atoms with E-state index in [9.17, 15) is 19.5 Å².